The fourth-order valence-electron chi connectivity index (χ4n) is 0.715. The van der Waals surface area contributed by atoms with Gasteiger partial charge < -0.3 is 9.84 Å². The van der Waals surface area contributed by atoms with Crippen LogP contribution in [0.5, 0.6) is 0 Å². The molecule has 0 rings (SSSR count). The minimum Gasteiger partial charge on any atom is -0.466 e. The quantitative estimate of drug-likeness (QED) is 0.537. The molecule has 0 aromatic carbocycles. The zero-order chi connectivity index (χ0) is 10.5. The standard InChI is InChI=1S/C10H18O3/c1-10(2,3)8(11)6-5-7-9(12)13-4/h5,7-8,11H,6H2,1-4H3. The van der Waals surface area contributed by atoms with Crippen molar-refractivity contribution in [1.82, 2.24) is 0 Å². The Morgan fingerprint density at radius 1 is 1.54 bits per heavy atom. The van der Waals surface area contributed by atoms with Gasteiger partial charge in [-0.2, -0.15) is 0 Å². The minimum absolute atomic E-state index is 0.152. The van der Waals surface area contributed by atoms with Gasteiger partial charge in [0.15, 0.2) is 0 Å². The summed E-state index contributed by atoms with van der Waals surface area (Å²) < 4.78 is 4.41. The van der Waals surface area contributed by atoms with Crippen molar-refractivity contribution in [3.8, 4) is 0 Å². The van der Waals surface area contributed by atoms with Crippen molar-refractivity contribution >= 4 is 5.97 Å². The van der Waals surface area contributed by atoms with Gasteiger partial charge in [-0.05, 0) is 11.8 Å². The van der Waals surface area contributed by atoms with Gasteiger partial charge >= 0.3 is 5.97 Å². The number of esters is 1. The Kier molecular flexibility index (Phi) is 4.70. The van der Waals surface area contributed by atoms with Crippen LogP contribution < -0.4 is 0 Å². The Labute approximate surface area is 79.4 Å². The molecule has 13 heavy (non-hydrogen) atoms. The van der Waals surface area contributed by atoms with E-state index in [1.54, 1.807) is 6.08 Å². The van der Waals surface area contributed by atoms with Crippen molar-refractivity contribution in [3.63, 3.8) is 0 Å². The fraction of sp³-hybridized carbons (Fsp3) is 0.700. The average Bonchev–Trinajstić information content (AvgIpc) is 2.02. The summed E-state index contributed by atoms with van der Waals surface area (Å²) >= 11 is 0. The smallest absolute Gasteiger partial charge is 0.330 e. The monoisotopic (exact) mass is 186 g/mol. The molecule has 0 heterocycles. The maximum absolute atomic E-state index is 10.7. The number of aliphatic hydroxyl groups is 1. The van der Waals surface area contributed by atoms with Crippen LogP contribution in [-0.4, -0.2) is 24.3 Å². The molecule has 0 aliphatic heterocycles. The molecule has 1 atom stereocenters. The van der Waals surface area contributed by atoms with Crippen LogP contribution in [0.25, 0.3) is 0 Å². The summed E-state index contributed by atoms with van der Waals surface area (Å²) in [7, 11) is 1.33. The third-order valence-electron chi connectivity index (χ3n) is 1.81. The molecule has 0 saturated heterocycles. The zero-order valence-electron chi connectivity index (χ0n) is 8.70. The fourth-order valence-corrected chi connectivity index (χ4v) is 0.715. The minimum atomic E-state index is -0.437. The second kappa shape index (κ2) is 5.02. The van der Waals surface area contributed by atoms with Crippen molar-refractivity contribution in [3.05, 3.63) is 12.2 Å². The number of hydrogen-bond acceptors (Lipinski definition) is 3. The van der Waals surface area contributed by atoms with E-state index < -0.39 is 6.10 Å². The summed E-state index contributed by atoms with van der Waals surface area (Å²) in [6, 6.07) is 0. The number of aliphatic hydroxyl groups excluding tert-OH is 1. The number of ether oxygens (including phenoxy) is 1. The van der Waals surface area contributed by atoms with Crippen LogP contribution in [-0.2, 0) is 9.53 Å². The van der Waals surface area contributed by atoms with Crippen molar-refractivity contribution in [2.75, 3.05) is 7.11 Å². The van der Waals surface area contributed by atoms with E-state index in [9.17, 15) is 9.90 Å². The Morgan fingerprint density at radius 2 is 2.08 bits per heavy atom. The molecule has 3 heteroatoms. The third kappa shape index (κ3) is 5.42. The predicted molar refractivity (Wildman–Crippen MR) is 51.2 cm³/mol. The van der Waals surface area contributed by atoms with Crippen molar-refractivity contribution < 1.29 is 14.6 Å². The molecule has 76 valence electrons. The van der Waals surface area contributed by atoms with Gasteiger partial charge in [0, 0.05) is 6.08 Å². The van der Waals surface area contributed by atoms with Crippen LogP contribution in [0, 0.1) is 5.41 Å². The molecule has 0 bridgehead atoms. The van der Waals surface area contributed by atoms with Gasteiger partial charge in [0.2, 0.25) is 0 Å². The highest BCUT2D eigenvalue weighted by molar-refractivity contribution is 5.81. The summed E-state index contributed by atoms with van der Waals surface area (Å²) in [5.74, 6) is -0.388. The first kappa shape index (κ1) is 12.2. The van der Waals surface area contributed by atoms with Crippen LogP contribution >= 0.6 is 0 Å². The zero-order valence-corrected chi connectivity index (χ0v) is 8.70. The van der Waals surface area contributed by atoms with Gasteiger partial charge in [-0.15, -0.1) is 0 Å². The number of methoxy groups -OCH3 is 1. The van der Waals surface area contributed by atoms with Crippen molar-refractivity contribution in [2.24, 2.45) is 5.41 Å². The first-order valence-corrected chi connectivity index (χ1v) is 4.30. The van der Waals surface area contributed by atoms with Crippen LogP contribution in [0.4, 0.5) is 0 Å². The Balaban J connectivity index is 3.89. The predicted octanol–water partition coefficient (Wildman–Crippen LogP) is 1.51. The first-order valence-electron chi connectivity index (χ1n) is 4.30. The summed E-state index contributed by atoms with van der Waals surface area (Å²) in [6.07, 6.45) is 2.99. The molecule has 0 amide bonds. The van der Waals surface area contributed by atoms with E-state index in [4.69, 9.17) is 0 Å². The van der Waals surface area contributed by atoms with E-state index in [0.29, 0.717) is 6.42 Å². The summed E-state index contributed by atoms with van der Waals surface area (Å²) in [6.45, 7) is 5.84. The molecule has 0 aromatic rings. The normalized spacial score (nSPS) is 14.5. The SMILES string of the molecule is COC(=O)C=CCC(O)C(C)(C)C. The molecule has 1 unspecified atom stereocenters. The van der Waals surface area contributed by atoms with Crippen molar-refractivity contribution in [1.29, 1.82) is 0 Å². The summed E-state index contributed by atoms with van der Waals surface area (Å²) in [5, 5.41) is 9.57. The van der Waals surface area contributed by atoms with Crippen LogP contribution in [0.3, 0.4) is 0 Å². The molecule has 0 aromatic heterocycles. The van der Waals surface area contributed by atoms with Gasteiger partial charge in [-0.1, -0.05) is 26.8 Å². The van der Waals surface area contributed by atoms with Crippen LogP contribution in [0.2, 0.25) is 0 Å². The van der Waals surface area contributed by atoms with E-state index in [-0.39, 0.29) is 11.4 Å². The Morgan fingerprint density at radius 3 is 2.46 bits per heavy atom. The van der Waals surface area contributed by atoms with E-state index in [1.165, 1.54) is 13.2 Å². The van der Waals surface area contributed by atoms with E-state index in [0.717, 1.165) is 0 Å². The highest BCUT2D eigenvalue weighted by Gasteiger charge is 2.20. The van der Waals surface area contributed by atoms with Gasteiger partial charge in [-0.25, -0.2) is 4.79 Å². The Hall–Kier alpha value is -0.830. The molecular formula is C10H18O3. The molecule has 0 saturated carbocycles. The van der Waals surface area contributed by atoms with Crippen LogP contribution in [0.15, 0.2) is 12.2 Å². The molecule has 3 nitrogen and oxygen atoms in total. The Bertz CT molecular complexity index is 189. The lowest BCUT2D eigenvalue weighted by atomic mass is 9.87. The lowest BCUT2D eigenvalue weighted by molar-refractivity contribution is -0.134. The van der Waals surface area contributed by atoms with Gasteiger partial charge in [0.1, 0.15) is 0 Å². The van der Waals surface area contributed by atoms with Crippen molar-refractivity contribution in [2.45, 2.75) is 33.3 Å². The molecule has 0 fully saturated rings. The molecular weight excluding hydrogens is 168 g/mol. The number of carbonyl (C=O) groups excluding carboxylic acids is 1. The molecule has 0 aliphatic carbocycles. The summed E-state index contributed by atoms with van der Waals surface area (Å²) in [5.41, 5.74) is -0.152. The highest BCUT2D eigenvalue weighted by Crippen LogP contribution is 2.21. The average molecular weight is 186 g/mol. The second-order valence-corrected chi connectivity index (χ2v) is 4.04. The molecule has 0 radical (unpaired) electrons. The molecule has 0 spiro atoms. The highest BCUT2D eigenvalue weighted by atomic mass is 16.5. The number of rotatable bonds is 3. The number of carbonyl (C=O) groups is 1. The summed E-state index contributed by atoms with van der Waals surface area (Å²) in [4.78, 5) is 10.7. The van der Waals surface area contributed by atoms with Gasteiger partial charge in [-0.3, -0.25) is 0 Å². The maximum atomic E-state index is 10.7. The largest absolute Gasteiger partial charge is 0.466 e. The van der Waals surface area contributed by atoms with E-state index >= 15 is 0 Å². The topological polar surface area (TPSA) is 46.5 Å². The molecule has 1 N–H and O–H groups in total. The lowest BCUT2D eigenvalue weighted by Crippen LogP contribution is -2.25. The second-order valence-electron chi connectivity index (χ2n) is 4.04. The maximum Gasteiger partial charge on any atom is 0.330 e. The first-order chi connectivity index (χ1) is 5.88. The lowest BCUT2D eigenvalue weighted by Gasteiger charge is -2.24. The van der Waals surface area contributed by atoms with E-state index in [1.807, 2.05) is 20.8 Å². The van der Waals surface area contributed by atoms with E-state index in [2.05, 4.69) is 4.74 Å². The van der Waals surface area contributed by atoms with Gasteiger partial charge in [0.25, 0.3) is 0 Å². The number of hydrogen-bond donors (Lipinski definition) is 1. The van der Waals surface area contributed by atoms with Gasteiger partial charge in [0.05, 0.1) is 13.2 Å². The third-order valence-corrected chi connectivity index (χ3v) is 1.81. The van der Waals surface area contributed by atoms with Crippen LogP contribution in [0.1, 0.15) is 27.2 Å². The molecule has 0 aliphatic rings.